The highest BCUT2D eigenvalue weighted by Crippen LogP contribution is 2.44. The van der Waals surface area contributed by atoms with E-state index < -0.39 is 0 Å². The predicted molar refractivity (Wildman–Crippen MR) is 73.7 cm³/mol. The summed E-state index contributed by atoms with van der Waals surface area (Å²) in [6, 6.07) is 5.85. The fraction of sp³-hybridized carbons (Fsp3) is 0.571. The molecule has 2 nitrogen and oxygen atoms in total. The smallest absolute Gasteiger partial charge is 0.129 e. The van der Waals surface area contributed by atoms with Crippen molar-refractivity contribution in [1.29, 1.82) is 0 Å². The number of rotatable bonds is 3. The molecule has 0 bridgehead atoms. The number of benzene rings is 1. The van der Waals surface area contributed by atoms with Crippen molar-refractivity contribution in [3.05, 3.63) is 23.8 Å². The van der Waals surface area contributed by atoms with Crippen LogP contribution in [0.3, 0.4) is 0 Å². The second-order valence-corrected chi connectivity index (χ2v) is 5.72. The lowest BCUT2D eigenvalue weighted by Crippen LogP contribution is -2.37. The molecular weight excluding hydrogens is 230 g/mol. The molecule has 0 aromatic heterocycles. The Morgan fingerprint density at radius 1 is 1.29 bits per heavy atom. The van der Waals surface area contributed by atoms with Crippen molar-refractivity contribution in [3.8, 4) is 5.75 Å². The molecule has 0 radical (unpaired) electrons. The van der Waals surface area contributed by atoms with E-state index in [2.05, 4.69) is 6.07 Å². The number of phenolic OH excluding ortho intramolecular Hbond substituents is 1. The van der Waals surface area contributed by atoms with Gasteiger partial charge in [-0.1, -0.05) is 31.4 Å². The van der Waals surface area contributed by atoms with Crippen LogP contribution in [-0.2, 0) is 5.41 Å². The topological polar surface area (TPSA) is 46.2 Å². The summed E-state index contributed by atoms with van der Waals surface area (Å²) in [6.45, 7) is 0.685. The summed E-state index contributed by atoms with van der Waals surface area (Å²) in [5.74, 6) is 0.397. The first-order valence-corrected chi connectivity index (χ1v) is 7.52. The molecule has 94 valence electrons. The van der Waals surface area contributed by atoms with Gasteiger partial charge >= 0.3 is 0 Å². The van der Waals surface area contributed by atoms with E-state index in [1.54, 1.807) is 17.8 Å². The highest BCUT2D eigenvalue weighted by atomic mass is 32.2. The molecule has 1 saturated carbocycles. The van der Waals surface area contributed by atoms with Crippen LogP contribution in [0.25, 0.3) is 0 Å². The summed E-state index contributed by atoms with van der Waals surface area (Å²) in [5.41, 5.74) is 7.40. The van der Waals surface area contributed by atoms with Gasteiger partial charge in [0.05, 0.1) is 4.90 Å². The van der Waals surface area contributed by atoms with Crippen molar-refractivity contribution in [3.63, 3.8) is 0 Å². The van der Waals surface area contributed by atoms with Gasteiger partial charge in [0, 0.05) is 12.0 Å². The lowest BCUT2D eigenvalue weighted by Gasteiger charge is -2.38. The number of thioether (sulfide) groups is 1. The van der Waals surface area contributed by atoms with Crippen molar-refractivity contribution < 1.29 is 5.11 Å². The Bertz CT molecular complexity index is 386. The second-order valence-electron chi connectivity index (χ2n) is 4.90. The van der Waals surface area contributed by atoms with Gasteiger partial charge in [0.2, 0.25) is 0 Å². The number of hydrogen-bond acceptors (Lipinski definition) is 3. The highest BCUT2D eigenvalue weighted by molar-refractivity contribution is 7.98. The van der Waals surface area contributed by atoms with Crippen LogP contribution < -0.4 is 5.73 Å². The van der Waals surface area contributed by atoms with E-state index in [-0.39, 0.29) is 5.41 Å². The van der Waals surface area contributed by atoms with Gasteiger partial charge in [0.25, 0.3) is 0 Å². The largest absolute Gasteiger partial charge is 0.507 e. The van der Waals surface area contributed by atoms with E-state index in [0.717, 1.165) is 17.7 Å². The molecule has 1 fully saturated rings. The average molecular weight is 251 g/mol. The van der Waals surface area contributed by atoms with Gasteiger partial charge in [-0.15, -0.1) is 11.8 Å². The van der Waals surface area contributed by atoms with Gasteiger partial charge in [-0.2, -0.15) is 0 Å². The molecule has 0 aliphatic heterocycles. The van der Waals surface area contributed by atoms with Crippen LogP contribution >= 0.6 is 11.8 Å². The zero-order valence-corrected chi connectivity index (χ0v) is 11.2. The first-order valence-electron chi connectivity index (χ1n) is 6.30. The molecule has 0 amide bonds. The normalized spacial score (nSPS) is 19.2. The fourth-order valence-corrected chi connectivity index (χ4v) is 3.75. The molecule has 1 aliphatic carbocycles. The Labute approximate surface area is 108 Å². The first-order chi connectivity index (χ1) is 8.23. The first kappa shape index (κ1) is 12.8. The molecule has 0 heterocycles. The van der Waals surface area contributed by atoms with Crippen LogP contribution in [0.1, 0.15) is 37.7 Å². The van der Waals surface area contributed by atoms with Crippen molar-refractivity contribution >= 4 is 11.8 Å². The van der Waals surface area contributed by atoms with Crippen LogP contribution in [0, 0.1) is 0 Å². The van der Waals surface area contributed by atoms with E-state index in [9.17, 15) is 5.11 Å². The maximum Gasteiger partial charge on any atom is 0.129 e. The van der Waals surface area contributed by atoms with Crippen LogP contribution in [0.5, 0.6) is 5.75 Å². The average Bonchev–Trinajstić information content (AvgIpc) is 2.39. The third-order valence-electron chi connectivity index (χ3n) is 3.97. The van der Waals surface area contributed by atoms with Crippen molar-refractivity contribution in [2.75, 3.05) is 12.8 Å². The standard InChI is InChI=1S/C14H21NOS/c1-17-13-11(6-5-7-12(13)16)14(10-15)8-3-2-4-9-14/h5-7,16H,2-4,8-10,15H2,1H3. The van der Waals surface area contributed by atoms with Crippen molar-refractivity contribution in [1.82, 2.24) is 0 Å². The monoisotopic (exact) mass is 251 g/mol. The molecule has 1 aliphatic rings. The minimum Gasteiger partial charge on any atom is -0.507 e. The minimum absolute atomic E-state index is 0.0926. The van der Waals surface area contributed by atoms with Gasteiger partial charge in [0.1, 0.15) is 5.75 Å². The van der Waals surface area contributed by atoms with E-state index >= 15 is 0 Å². The van der Waals surface area contributed by atoms with Crippen LogP contribution in [0.15, 0.2) is 23.1 Å². The maximum atomic E-state index is 9.97. The van der Waals surface area contributed by atoms with Crippen molar-refractivity contribution in [2.24, 2.45) is 5.73 Å². The van der Waals surface area contributed by atoms with Crippen LogP contribution in [0.2, 0.25) is 0 Å². The Balaban J connectivity index is 2.46. The summed E-state index contributed by atoms with van der Waals surface area (Å²) in [4.78, 5) is 1.01. The molecule has 0 saturated heterocycles. The third kappa shape index (κ3) is 2.31. The fourth-order valence-electron chi connectivity index (χ4n) is 2.97. The Morgan fingerprint density at radius 3 is 2.59 bits per heavy atom. The van der Waals surface area contributed by atoms with Gasteiger partial charge in [-0.05, 0) is 30.7 Å². The van der Waals surface area contributed by atoms with E-state index in [1.807, 2.05) is 12.3 Å². The summed E-state index contributed by atoms with van der Waals surface area (Å²) in [7, 11) is 0. The SMILES string of the molecule is CSc1c(O)cccc1C1(CN)CCCCC1. The number of nitrogens with two attached hydrogens (primary N) is 1. The Morgan fingerprint density at radius 2 is 2.00 bits per heavy atom. The minimum atomic E-state index is 0.0926. The molecule has 0 unspecified atom stereocenters. The molecule has 3 N–H and O–H groups in total. The summed E-state index contributed by atoms with van der Waals surface area (Å²) in [5, 5.41) is 9.97. The Hall–Kier alpha value is -0.670. The summed E-state index contributed by atoms with van der Waals surface area (Å²) in [6.07, 6.45) is 8.14. The van der Waals surface area contributed by atoms with Crippen molar-refractivity contribution in [2.45, 2.75) is 42.4 Å². The van der Waals surface area contributed by atoms with Crippen LogP contribution in [0.4, 0.5) is 0 Å². The van der Waals surface area contributed by atoms with Gasteiger partial charge in [-0.3, -0.25) is 0 Å². The second kappa shape index (κ2) is 5.32. The zero-order valence-electron chi connectivity index (χ0n) is 10.4. The quantitative estimate of drug-likeness (QED) is 0.810. The van der Waals surface area contributed by atoms with E-state index in [1.165, 1.54) is 24.8 Å². The van der Waals surface area contributed by atoms with E-state index in [0.29, 0.717) is 12.3 Å². The van der Waals surface area contributed by atoms with Crippen LogP contribution in [-0.4, -0.2) is 17.9 Å². The third-order valence-corrected chi connectivity index (χ3v) is 4.81. The van der Waals surface area contributed by atoms with E-state index in [4.69, 9.17) is 5.73 Å². The molecule has 17 heavy (non-hydrogen) atoms. The number of hydrogen-bond donors (Lipinski definition) is 2. The molecule has 0 spiro atoms. The molecule has 1 aromatic rings. The van der Waals surface area contributed by atoms with Gasteiger partial charge < -0.3 is 10.8 Å². The lowest BCUT2D eigenvalue weighted by atomic mass is 9.69. The number of phenols is 1. The summed E-state index contributed by atoms with van der Waals surface area (Å²) < 4.78 is 0. The highest BCUT2D eigenvalue weighted by Gasteiger charge is 2.34. The van der Waals surface area contributed by atoms with Gasteiger partial charge in [-0.25, -0.2) is 0 Å². The molecule has 1 aromatic carbocycles. The molecule has 3 heteroatoms. The summed E-state index contributed by atoms with van der Waals surface area (Å²) >= 11 is 1.62. The zero-order chi connectivity index (χ0) is 12.3. The maximum absolute atomic E-state index is 9.97. The molecule has 2 rings (SSSR count). The lowest BCUT2D eigenvalue weighted by molar-refractivity contribution is 0.294. The number of aromatic hydroxyl groups is 1. The predicted octanol–water partition coefficient (Wildman–Crippen LogP) is 3.27. The molecular formula is C14H21NOS. The van der Waals surface area contributed by atoms with Gasteiger partial charge in [0.15, 0.2) is 0 Å². The molecule has 0 atom stereocenters. The Kier molecular flexibility index (Phi) is 4.00.